The van der Waals surface area contributed by atoms with Crippen LogP contribution in [-0.4, -0.2) is 50.7 Å². The Labute approximate surface area is 152 Å². The molecule has 3 heterocycles. The van der Waals surface area contributed by atoms with E-state index in [1.807, 2.05) is 7.05 Å². The van der Waals surface area contributed by atoms with Crippen molar-refractivity contribution < 1.29 is 18.0 Å². The van der Waals surface area contributed by atoms with Crippen molar-refractivity contribution in [2.75, 3.05) is 25.5 Å². The smallest absolute Gasteiger partial charge is 0.310 e. The molecule has 1 aliphatic rings. The molecule has 2 aromatic rings. The van der Waals surface area contributed by atoms with Gasteiger partial charge in [0.05, 0.1) is 5.69 Å². The average Bonchev–Trinajstić information content (AvgIpc) is 2.94. The van der Waals surface area contributed by atoms with Gasteiger partial charge in [-0.3, -0.25) is 14.6 Å². The van der Waals surface area contributed by atoms with Crippen LogP contribution in [0, 0.1) is 12.8 Å². The average molecular weight is 384 g/mol. The number of hydrogen-bond donors (Lipinski definition) is 2. The third-order valence-corrected chi connectivity index (χ3v) is 4.39. The second-order valence-electron chi connectivity index (χ2n) is 6.60. The Balaban J connectivity index is 1.90. The molecule has 2 aromatic heterocycles. The van der Waals surface area contributed by atoms with Crippen molar-refractivity contribution in [3.05, 3.63) is 33.9 Å². The Hall–Kier alpha value is -2.69. The number of H-pyrrole nitrogens is 1. The van der Waals surface area contributed by atoms with Crippen molar-refractivity contribution >= 4 is 11.7 Å². The van der Waals surface area contributed by atoms with Crippen LogP contribution in [-0.2, 0) is 11.0 Å². The third kappa shape index (κ3) is 4.35. The predicted molar refractivity (Wildman–Crippen MR) is 90.6 cm³/mol. The van der Waals surface area contributed by atoms with E-state index in [1.165, 1.54) is 6.07 Å². The van der Waals surface area contributed by atoms with Crippen LogP contribution in [0.3, 0.4) is 0 Å². The lowest BCUT2D eigenvalue weighted by atomic mass is 9.96. The lowest BCUT2D eigenvalue weighted by Crippen LogP contribution is -2.36. The molecule has 0 aromatic carbocycles. The standard InChI is InChI=1S/C16H19F3N6O2/c1-9-7-12(21-14(27)10-3-5-24(2)6-4-10)25(23-9)15-20-11(16(17,18)19)8-13(26)22-15/h7-8,10H,3-6H2,1-2H3,(H,21,27)(H,20,22,26). The number of nitrogens with zero attached hydrogens (tertiary/aromatic N) is 4. The number of halogens is 3. The van der Waals surface area contributed by atoms with Crippen LogP contribution in [0.2, 0.25) is 0 Å². The minimum absolute atomic E-state index is 0.152. The van der Waals surface area contributed by atoms with E-state index >= 15 is 0 Å². The number of aromatic amines is 1. The Bertz CT molecular complexity index is 896. The lowest BCUT2D eigenvalue weighted by molar-refractivity contribution is -0.141. The first-order chi connectivity index (χ1) is 12.6. The Morgan fingerprint density at radius 1 is 1.30 bits per heavy atom. The minimum atomic E-state index is -4.78. The number of anilines is 1. The van der Waals surface area contributed by atoms with Crippen LogP contribution >= 0.6 is 0 Å². The van der Waals surface area contributed by atoms with Crippen molar-refractivity contribution in [3.8, 4) is 5.95 Å². The summed E-state index contributed by atoms with van der Waals surface area (Å²) in [4.78, 5) is 31.9. The summed E-state index contributed by atoms with van der Waals surface area (Å²) >= 11 is 0. The number of aromatic nitrogens is 4. The van der Waals surface area contributed by atoms with Gasteiger partial charge in [0.2, 0.25) is 11.9 Å². The van der Waals surface area contributed by atoms with Crippen LogP contribution in [0.15, 0.2) is 16.9 Å². The van der Waals surface area contributed by atoms with Crippen molar-refractivity contribution in [2.24, 2.45) is 5.92 Å². The number of hydrogen-bond acceptors (Lipinski definition) is 5. The SMILES string of the molecule is Cc1cc(NC(=O)C2CCN(C)CC2)n(-c2nc(C(F)(F)F)cc(=O)[nH]2)n1. The number of aryl methyl sites for hydroxylation is 1. The largest absolute Gasteiger partial charge is 0.433 e. The Morgan fingerprint density at radius 2 is 1.96 bits per heavy atom. The van der Waals surface area contributed by atoms with Gasteiger partial charge in [-0.25, -0.2) is 4.98 Å². The molecule has 0 aliphatic carbocycles. The molecule has 1 saturated heterocycles. The zero-order chi connectivity index (χ0) is 19.8. The molecule has 0 spiro atoms. The van der Waals surface area contributed by atoms with E-state index < -0.39 is 23.4 Å². The van der Waals surface area contributed by atoms with Crippen LogP contribution < -0.4 is 10.9 Å². The molecule has 0 unspecified atom stereocenters. The topological polar surface area (TPSA) is 95.9 Å². The molecule has 1 aliphatic heterocycles. The molecular formula is C16H19F3N6O2. The van der Waals surface area contributed by atoms with Crippen LogP contribution in [0.5, 0.6) is 0 Å². The summed E-state index contributed by atoms with van der Waals surface area (Å²) in [6, 6.07) is 1.88. The summed E-state index contributed by atoms with van der Waals surface area (Å²) in [5.74, 6) is -0.697. The maximum Gasteiger partial charge on any atom is 0.433 e. The molecule has 0 atom stereocenters. The van der Waals surface area contributed by atoms with Gasteiger partial charge in [-0.15, -0.1) is 0 Å². The third-order valence-electron chi connectivity index (χ3n) is 4.39. The highest BCUT2D eigenvalue weighted by atomic mass is 19.4. The second kappa shape index (κ2) is 7.14. The molecule has 0 radical (unpaired) electrons. The fourth-order valence-corrected chi connectivity index (χ4v) is 2.94. The van der Waals surface area contributed by atoms with Crippen LogP contribution in [0.25, 0.3) is 5.95 Å². The van der Waals surface area contributed by atoms with Gasteiger partial charge in [0.15, 0.2) is 5.69 Å². The van der Waals surface area contributed by atoms with Gasteiger partial charge in [-0.1, -0.05) is 0 Å². The molecule has 27 heavy (non-hydrogen) atoms. The van der Waals surface area contributed by atoms with Crippen LogP contribution in [0.4, 0.5) is 19.0 Å². The Kier molecular flexibility index (Phi) is 5.05. The van der Waals surface area contributed by atoms with E-state index in [-0.39, 0.29) is 17.6 Å². The van der Waals surface area contributed by atoms with E-state index in [2.05, 4.69) is 25.3 Å². The van der Waals surface area contributed by atoms with E-state index in [1.54, 1.807) is 6.92 Å². The Morgan fingerprint density at radius 3 is 2.59 bits per heavy atom. The number of likely N-dealkylation sites (tertiary alicyclic amines) is 1. The fourth-order valence-electron chi connectivity index (χ4n) is 2.94. The molecular weight excluding hydrogens is 365 g/mol. The fraction of sp³-hybridized carbons (Fsp3) is 0.500. The number of rotatable bonds is 3. The van der Waals surface area contributed by atoms with Gasteiger partial charge in [0, 0.05) is 18.1 Å². The van der Waals surface area contributed by atoms with Gasteiger partial charge in [0.25, 0.3) is 5.56 Å². The molecule has 11 heteroatoms. The molecule has 146 valence electrons. The number of alkyl halides is 3. The van der Waals surface area contributed by atoms with Gasteiger partial charge < -0.3 is 10.2 Å². The quantitative estimate of drug-likeness (QED) is 0.837. The van der Waals surface area contributed by atoms with Crippen LogP contribution in [0.1, 0.15) is 24.2 Å². The summed E-state index contributed by atoms with van der Waals surface area (Å²) in [6.45, 7) is 3.20. The van der Waals surface area contributed by atoms with Gasteiger partial charge in [-0.05, 0) is 39.9 Å². The first kappa shape index (κ1) is 19.1. The maximum atomic E-state index is 12.9. The number of carbonyl (C=O) groups is 1. The molecule has 1 amide bonds. The molecule has 2 N–H and O–H groups in total. The number of nitrogens with one attached hydrogen (secondary N) is 2. The van der Waals surface area contributed by atoms with Gasteiger partial charge in [0.1, 0.15) is 5.82 Å². The molecule has 0 saturated carbocycles. The monoisotopic (exact) mass is 384 g/mol. The number of amides is 1. The molecule has 3 rings (SSSR count). The van der Waals surface area contributed by atoms with E-state index in [4.69, 9.17) is 0 Å². The zero-order valence-electron chi connectivity index (χ0n) is 14.8. The summed E-state index contributed by atoms with van der Waals surface area (Å²) < 4.78 is 39.8. The van der Waals surface area contributed by atoms with E-state index in [0.29, 0.717) is 24.6 Å². The van der Waals surface area contributed by atoms with Gasteiger partial charge >= 0.3 is 6.18 Å². The summed E-state index contributed by atoms with van der Waals surface area (Å²) in [5.41, 5.74) is -1.84. The van der Waals surface area contributed by atoms with Gasteiger partial charge in [-0.2, -0.15) is 23.0 Å². The van der Waals surface area contributed by atoms with Crippen molar-refractivity contribution in [3.63, 3.8) is 0 Å². The van der Waals surface area contributed by atoms with Crippen molar-refractivity contribution in [1.82, 2.24) is 24.6 Å². The minimum Gasteiger partial charge on any atom is -0.310 e. The molecule has 1 fully saturated rings. The summed E-state index contributed by atoms with van der Waals surface area (Å²) in [6.07, 6.45) is -3.40. The van der Waals surface area contributed by atoms with Crippen molar-refractivity contribution in [1.29, 1.82) is 0 Å². The summed E-state index contributed by atoms with van der Waals surface area (Å²) in [7, 11) is 1.97. The normalized spacial score (nSPS) is 16.5. The lowest BCUT2D eigenvalue weighted by Gasteiger charge is -2.28. The van der Waals surface area contributed by atoms with E-state index in [9.17, 15) is 22.8 Å². The number of piperidine rings is 1. The maximum absolute atomic E-state index is 12.9. The highest BCUT2D eigenvalue weighted by Gasteiger charge is 2.34. The predicted octanol–water partition coefficient (Wildman–Crippen LogP) is 1.56. The molecule has 0 bridgehead atoms. The second-order valence-corrected chi connectivity index (χ2v) is 6.60. The van der Waals surface area contributed by atoms with E-state index in [0.717, 1.165) is 17.8 Å². The zero-order valence-corrected chi connectivity index (χ0v) is 14.8. The first-order valence-corrected chi connectivity index (χ1v) is 8.38. The number of carbonyl (C=O) groups excluding carboxylic acids is 1. The van der Waals surface area contributed by atoms with Crippen molar-refractivity contribution in [2.45, 2.75) is 25.9 Å². The highest BCUT2D eigenvalue weighted by Crippen LogP contribution is 2.27. The summed E-state index contributed by atoms with van der Waals surface area (Å²) in [5, 5.41) is 6.74. The highest BCUT2D eigenvalue weighted by molar-refractivity contribution is 5.92. The first-order valence-electron chi connectivity index (χ1n) is 8.38. The molecule has 8 nitrogen and oxygen atoms in total.